The van der Waals surface area contributed by atoms with Crippen molar-refractivity contribution in [1.82, 2.24) is 4.98 Å². The van der Waals surface area contributed by atoms with E-state index in [0.29, 0.717) is 35.9 Å². The van der Waals surface area contributed by atoms with Crippen molar-refractivity contribution in [3.05, 3.63) is 30.1 Å². The fraction of sp³-hybridized carbons (Fsp3) is 0.902. The number of oxazole rings is 1. The summed E-state index contributed by atoms with van der Waals surface area (Å²) in [4.78, 5) is 3.95. The third kappa shape index (κ3) is 25.2. The Morgan fingerprint density at radius 3 is 1.20 bits per heavy atom. The molecule has 7 aliphatic rings. The van der Waals surface area contributed by atoms with Gasteiger partial charge < -0.3 is 24.7 Å². The lowest BCUT2D eigenvalue weighted by Gasteiger charge is -2.28. The van der Waals surface area contributed by atoms with Crippen molar-refractivity contribution in [2.45, 2.75) is 224 Å². The van der Waals surface area contributed by atoms with Crippen LogP contribution in [-0.4, -0.2) is 53.2 Å². The van der Waals surface area contributed by atoms with Crippen LogP contribution < -0.4 is 5.73 Å². The minimum absolute atomic E-state index is 0.250. The summed E-state index contributed by atoms with van der Waals surface area (Å²) in [5, 5.41) is 16.8. The average molecular weight is 831 g/mol. The number of nitrogens with zero attached hydrogens (tertiary/aromatic N) is 3. The van der Waals surface area contributed by atoms with Crippen LogP contribution in [0.25, 0.3) is 0 Å². The number of aromatic nitrogens is 1. The summed E-state index contributed by atoms with van der Waals surface area (Å²) < 4.78 is 15.8. The molecule has 4 aliphatic carbocycles. The predicted molar refractivity (Wildman–Crippen MR) is 251 cm³/mol. The molecular weight excluding hydrogens is 733 g/mol. The number of nitrogens with two attached hydrogens (primary N) is 1. The molecule has 6 fully saturated rings. The molecule has 0 radical (unpaired) electrons. The molecule has 3 N–H and O–H groups in total. The van der Waals surface area contributed by atoms with Crippen molar-refractivity contribution in [3.8, 4) is 0 Å². The van der Waals surface area contributed by atoms with Crippen LogP contribution in [0.3, 0.4) is 0 Å². The maximum absolute atomic E-state index is 9.21. The SMILES string of the molecule is CC(C)C1(N)CC1.CC(C)C1(O)CC1.CC(C)C1=CN=NC1.CC(C)C1CC1.CC(C)C1CCC1.CC(C)[C@@H]1CCCO1.CC(C)[C@H]1CCCO1.CC(C)c1ncco1. The van der Waals surface area contributed by atoms with Crippen molar-refractivity contribution < 1.29 is 19.0 Å². The summed E-state index contributed by atoms with van der Waals surface area (Å²) in [5.41, 5.74) is 7.13. The highest BCUT2D eigenvalue weighted by atomic mass is 16.5. The minimum atomic E-state index is -0.250. The maximum atomic E-state index is 9.21. The van der Waals surface area contributed by atoms with Crippen LogP contribution in [0.5, 0.6) is 0 Å². The zero-order chi connectivity index (χ0) is 44.8. The number of rotatable bonds is 8. The fourth-order valence-corrected chi connectivity index (χ4v) is 6.68. The van der Waals surface area contributed by atoms with Crippen LogP contribution in [0.1, 0.15) is 206 Å². The minimum Gasteiger partial charge on any atom is -0.449 e. The Morgan fingerprint density at radius 2 is 1.10 bits per heavy atom. The lowest BCUT2D eigenvalue weighted by atomic mass is 9.78. The Bertz CT molecular complexity index is 1170. The van der Waals surface area contributed by atoms with E-state index in [9.17, 15) is 5.11 Å². The van der Waals surface area contributed by atoms with Crippen molar-refractivity contribution in [2.75, 3.05) is 19.8 Å². The molecule has 1 aromatic rings. The van der Waals surface area contributed by atoms with Gasteiger partial charge in [-0.2, -0.15) is 10.2 Å². The monoisotopic (exact) mass is 831 g/mol. The Kier molecular flexibility index (Phi) is 27.1. The van der Waals surface area contributed by atoms with E-state index in [-0.39, 0.29) is 11.1 Å². The predicted octanol–water partition coefficient (Wildman–Crippen LogP) is 14.2. The summed E-state index contributed by atoms with van der Waals surface area (Å²) in [7, 11) is 0. The summed E-state index contributed by atoms with van der Waals surface area (Å²) in [5.74, 6) is 8.53. The second-order valence-corrected chi connectivity index (χ2v) is 21.1. The molecule has 4 heterocycles. The van der Waals surface area contributed by atoms with Gasteiger partial charge in [0.25, 0.3) is 0 Å². The maximum Gasteiger partial charge on any atom is 0.196 e. The number of aliphatic hydroxyl groups is 1. The third-order valence-electron chi connectivity index (χ3n) is 13.1. The topological polar surface area (TPSA) is 115 Å². The highest BCUT2D eigenvalue weighted by Gasteiger charge is 2.43. The first-order chi connectivity index (χ1) is 27.6. The first-order valence-electron chi connectivity index (χ1n) is 24.3. The number of azo groups is 1. The molecule has 346 valence electrons. The standard InChI is InChI=1S/2C7H14O.C7H14.C6H10N2.C6H9NO.C6H13N.C6H12O.C6H12/c2*1-6(2)7-4-3-5-8-7;1-6(2)7-4-3-5-7;1-5(2)6-3-7-8-4-6;1-5(2)6-7-3-4-8-6;2*1-5(2)6(7)3-4-6;1-5(2)6-3-4-6/h2*6-7H,3-5H2,1-2H3;6-7H,3-5H2,1-2H3;3,5H,4H2,1-2H3;3-5H,1-2H3;5H,3-4,7H2,1-2H3;5,7H,3-4H2,1-2H3;5-6H,3-4H2,1-2H3/t2*7-;;;;;;/m10....../s1. The molecule has 4 saturated carbocycles. The van der Waals surface area contributed by atoms with Gasteiger partial charge in [-0.1, -0.05) is 130 Å². The molecule has 3 aliphatic heterocycles. The first kappa shape index (κ1) is 55.4. The molecule has 0 bridgehead atoms. The second-order valence-electron chi connectivity index (χ2n) is 21.1. The van der Waals surface area contributed by atoms with E-state index < -0.39 is 0 Å². The van der Waals surface area contributed by atoms with Crippen LogP contribution in [-0.2, 0) is 9.47 Å². The van der Waals surface area contributed by atoms with Crippen molar-refractivity contribution >= 4 is 0 Å². The van der Waals surface area contributed by atoms with E-state index in [1.165, 1.54) is 76.2 Å². The molecule has 2 atom stereocenters. The van der Waals surface area contributed by atoms with Gasteiger partial charge in [0.2, 0.25) is 0 Å². The van der Waals surface area contributed by atoms with Crippen LogP contribution in [0.4, 0.5) is 0 Å². The lowest BCUT2D eigenvalue weighted by molar-refractivity contribution is 0.0757. The van der Waals surface area contributed by atoms with Crippen molar-refractivity contribution in [2.24, 2.45) is 69.2 Å². The summed E-state index contributed by atoms with van der Waals surface area (Å²) >= 11 is 0. The Morgan fingerprint density at radius 1 is 0.610 bits per heavy atom. The third-order valence-corrected chi connectivity index (χ3v) is 13.1. The number of hydrogen-bond acceptors (Lipinski definition) is 8. The molecule has 8 nitrogen and oxygen atoms in total. The largest absolute Gasteiger partial charge is 0.449 e. The van der Waals surface area contributed by atoms with E-state index >= 15 is 0 Å². The first-order valence-corrected chi connectivity index (χ1v) is 24.3. The zero-order valence-corrected chi connectivity index (χ0v) is 41.6. The van der Waals surface area contributed by atoms with Crippen molar-refractivity contribution in [1.29, 1.82) is 0 Å². The molecule has 8 heteroatoms. The van der Waals surface area contributed by atoms with Gasteiger partial charge in [-0.25, -0.2) is 4.98 Å². The van der Waals surface area contributed by atoms with Gasteiger partial charge in [0.15, 0.2) is 5.89 Å². The molecule has 0 unspecified atom stereocenters. The van der Waals surface area contributed by atoms with E-state index in [0.717, 1.165) is 74.0 Å². The van der Waals surface area contributed by atoms with Crippen molar-refractivity contribution in [3.63, 3.8) is 0 Å². The van der Waals surface area contributed by atoms with Gasteiger partial charge in [0.05, 0.1) is 36.8 Å². The van der Waals surface area contributed by atoms with E-state index in [1.807, 2.05) is 20.0 Å². The summed E-state index contributed by atoms with van der Waals surface area (Å²) in [6.45, 7) is 37.8. The second kappa shape index (κ2) is 28.9. The molecule has 2 saturated heterocycles. The molecule has 0 spiro atoms. The molecule has 0 aromatic carbocycles. The Balaban J connectivity index is 0.000000338. The zero-order valence-electron chi connectivity index (χ0n) is 41.6. The van der Waals surface area contributed by atoms with E-state index in [1.54, 1.807) is 12.5 Å². The smallest absolute Gasteiger partial charge is 0.196 e. The molecule has 0 amide bonds. The quantitative estimate of drug-likeness (QED) is 0.270. The van der Waals surface area contributed by atoms with Gasteiger partial charge in [-0.3, -0.25) is 0 Å². The molecular formula is C51H98N4O4. The van der Waals surface area contributed by atoms with Gasteiger partial charge in [-0.15, -0.1) is 0 Å². The molecule has 8 rings (SSSR count). The fourth-order valence-electron chi connectivity index (χ4n) is 6.68. The van der Waals surface area contributed by atoms with Gasteiger partial charge >= 0.3 is 0 Å². The van der Waals surface area contributed by atoms with E-state index in [2.05, 4.69) is 112 Å². The van der Waals surface area contributed by atoms with Crippen LogP contribution in [0, 0.1) is 53.3 Å². The van der Waals surface area contributed by atoms with Crippen LogP contribution in [0.15, 0.2) is 38.9 Å². The Hall–Kier alpha value is -1.61. The van der Waals surface area contributed by atoms with E-state index in [4.69, 9.17) is 19.6 Å². The van der Waals surface area contributed by atoms with Crippen LogP contribution >= 0.6 is 0 Å². The highest BCUT2D eigenvalue weighted by molar-refractivity contribution is 5.08. The van der Waals surface area contributed by atoms with Crippen LogP contribution in [0.2, 0.25) is 0 Å². The lowest BCUT2D eigenvalue weighted by Crippen LogP contribution is -2.27. The van der Waals surface area contributed by atoms with Gasteiger partial charge in [0, 0.05) is 24.7 Å². The summed E-state index contributed by atoms with van der Waals surface area (Å²) in [6.07, 6.45) is 23.3. The van der Waals surface area contributed by atoms with Gasteiger partial charge in [-0.05, 0) is 123 Å². The molecule has 59 heavy (non-hydrogen) atoms. The number of hydrogen-bond donors (Lipinski definition) is 2. The normalized spacial score (nSPS) is 22.9. The number of ether oxygens (including phenoxy) is 2. The Labute approximate surface area is 365 Å². The summed E-state index contributed by atoms with van der Waals surface area (Å²) in [6, 6.07) is 0. The van der Waals surface area contributed by atoms with Gasteiger partial charge in [0.1, 0.15) is 6.26 Å². The highest BCUT2D eigenvalue weighted by Crippen LogP contribution is 2.41. The molecule has 1 aromatic heterocycles. The average Bonchev–Trinajstić information content (AvgIpc) is 3.97.